The number of carbonyl (C=O) groups excluding carboxylic acids is 4. The van der Waals surface area contributed by atoms with Gasteiger partial charge in [0.25, 0.3) is 5.69 Å². The summed E-state index contributed by atoms with van der Waals surface area (Å²) in [6.45, 7) is 1.59. The lowest BCUT2D eigenvalue weighted by Gasteiger charge is -2.43. The number of nitro groups is 1. The topological polar surface area (TPSA) is 144 Å². The van der Waals surface area contributed by atoms with Crippen LogP contribution in [0.25, 0.3) is 0 Å². The Bertz CT molecular complexity index is 1790. The molecule has 1 fully saturated rings. The van der Waals surface area contributed by atoms with Gasteiger partial charge in [-0.05, 0) is 61.6 Å². The van der Waals surface area contributed by atoms with Crippen molar-refractivity contribution in [2.24, 2.45) is 23.7 Å². The normalized spacial score (nSPS) is 26.4. The molecule has 2 aromatic rings. The first-order valence-corrected chi connectivity index (χ1v) is 13.6. The number of Topliss-reactive ketones (excluding diaryl/α,β-unsaturated/α-hetero) is 1. The molecule has 7 rings (SSSR count). The summed E-state index contributed by atoms with van der Waals surface area (Å²) < 4.78 is 5.90. The Kier molecular flexibility index (Phi) is 5.66. The Morgan fingerprint density at radius 2 is 1.86 bits per heavy atom. The Labute approximate surface area is 239 Å². The third-order valence-corrected chi connectivity index (χ3v) is 9.01. The van der Waals surface area contributed by atoms with E-state index in [1.807, 2.05) is 6.08 Å². The molecule has 3 aliphatic carbocycles. The summed E-state index contributed by atoms with van der Waals surface area (Å²) in [4.78, 5) is 66.4. The van der Waals surface area contributed by atoms with Crippen LogP contribution in [-0.4, -0.2) is 33.4 Å². The van der Waals surface area contributed by atoms with Crippen molar-refractivity contribution in [2.75, 3.05) is 4.90 Å². The average Bonchev–Trinajstić information content (AvgIpc) is 3.23. The van der Waals surface area contributed by atoms with Gasteiger partial charge in [0, 0.05) is 46.8 Å². The van der Waals surface area contributed by atoms with Crippen LogP contribution in [-0.2, 0) is 25.6 Å². The molecule has 0 bridgehead atoms. The molecule has 42 heavy (non-hydrogen) atoms. The summed E-state index contributed by atoms with van der Waals surface area (Å²) in [6, 6.07) is 10.2. The third kappa shape index (κ3) is 3.71. The predicted molar refractivity (Wildman–Crippen MR) is 148 cm³/mol. The Hall–Kier alpha value is -5.12. The first kappa shape index (κ1) is 25.8. The van der Waals surface area contributed by atoms with Crippen LogP contribution in [0, 0.1) is 33.8 Å². The van der Waals surface area contributed by atoms with E-state index < -0.39 is 40.4 Å². The summed E-state index contributed by atoms with van der Waals surface area (Å²) in [7, 11) is 0. The number of benzene rings is 2. The van der Waals surface area contributed by atoms with E-state index in [1.165, 1.54) is 36.4 Å². The SMILES string of the molecule is CC1=CC(=O)C2=C(CC3C(=CCC4C(=O)N(c5cccc([N+](=O)[O-])c5)C(=O)C43)C2C2=COc3ccc(O)cc3C2)C1=O. The number of fused-ring (bicyclic) bond motifs is 4. The molecule has 0 radical (unpaired) electrons. The molecule has 0 saturated carbocycles. The van der Waals surface area contributed by atoms with Crippen molar-refractivity contribution in [1.29, 1.82) is 0 Å². The highest BCUT2D eigenvalue weighted by Gasteiger charge is 2.57. The van der Waals surface area contributed by atoms with Crippen LogP contribution in [0.1, 0.15) is 25.3 Å². The number of non-ortho nitro benzene ring substituents is 1. The molecule has 2 aliphatic heterocycles. The molecule has 10 nitrogen and oxygen atoms in total. The van der Waals surface area contributed by atoms with Gasteiger partial charge in [-0.1, -0.05) is 17.7 Å². The zero-order valence-corrected chi connectivity index (χ0v) is 22.4. The van der Waals surface area contributed by atoms with Gasteiger partial charge in [-0.15, -0.1) is 0 Å². The minimum absolute atomic E-state index is 0.0681. The van der Waals surface area contributed by atoms with E-state index in [9.17, 15) is 34.4 Å². The first-order chi connectivity index (χ1) is 20.1. The monoisotopic (exact) mass is 564 g/mol. The van der Waals surface area contributed by atoms with Crippen molar-refractivity contribution >= 4 is 34.8 Å². The van der Waals surface area contributed by atoms with Crippen LogP contribution in [0.4, 0.5) is 11.4 Å². The van der Waals surface area contributed by atoms with Crippen molar-refractivity contribution in [3.8, 4) is 11.5 Å². The smallest absolute Gasteiger partial charge is 0.271 e. The van der Waals surface area contributed by atoms with Gasteiger partial charge in [0.2, 0.25) is 11.8 Å². The van der Waals surface area contributed by atoms with Crippen molar-refractivity contribution < 1.29 is 33.9 Å². The van der Waals surface area contributed by atoms with Crippen LogP contribution >= 0.6 is 0 Å². The molecule has 0 spiro atoms. The maximum Gasteiger partial charge on any atom is 0.271 e. The number of nitrogens with zero attached hydrogens (tertiary/aromatic N) is 2. The molecule has 1 N–H and O–H groups in total. The Morgan fingerprint density at radius 1 is 1.05 bits per heavy atom. The van der Waals surface area contributed by atoms with Gasteiger partial charge in [-0.3, -0.25) is 29.3 Å². The maximum atomic E-state index is 14.0. The molecule has 4 atom stereocenters. The van der Waals surface area contributed by atoms with Gasteiger partial charge in [-0.2, -0.15) is 0 Å². The summed E-state index contributed by atoms with van der Waals surface area (Å²) in [5.41, 5.74) is 3.11. The fourth-order valence-corrected chi connectivity index (χ4v) is 7.19. The Morgan fingerprint density at radius 3 is 2.64 bits per heavy atom. The number of phenolic OH excluding ortho intramolecular Hbond substituents is 1. The number of anilines is 1. The molecular weight excluding hydrogens is 540 g/mol. The number of nitro benzene ring substituents is 1. The van der Waals surface area contributed by atoms with Gasteiger partial charge in [0.1, 0.15) is 11.5 Å². The second-order valence-corrected chi connectivity index (χ2v) is 11.3. The number of imide groups is 1. The highest BCUT2D eigenvalue weighted by atomic mass is 16.6. The summed E-state index contributed by atoms with van der Waals surface area (Å²) in [6.07, 6.45) is 5.54. The van der Waals surface area contributed by atoms with Gasteiger partial charge >= 0.3 is 0 Å². The minimum atomic E-state index is -0.802. The summed E-state index contributed by atoms with van der Waals surface area (Å²) in [5, 5.41) is 21.5. The number of rotatable bonds is 3. The van der Waals surface area contributed by atoms with Crippen LogP contribution < -0.4 is 9.64 Å². The number of ketones is 2. The number of allylic oxidation sites excluding steroid dienone is 7. The van der Waals surface area contributed by atoms with Crippen molar-refractivity contribution in [3.05, 3.63) is 104 Å². The zero-order valence-electron chi connectivity index (χ0n) is 22.4. The number of ether oxygens (including phenoxy) is 1. The van der Waals surface area contributed by atoms with E-state index in [0.29, 0.717) is 34.5 Å². The molecule has 4 unspecified atom stereocenters. The highest BCUT2D eigenvalue weighted by Crippen LogP contribution is 2.55. The van der Waals surface area contributed by atoms with Crippen LogP contribution in [0.5, 0.6) is 11.5 Å². The van der Waals surface area contributed by atoms with E-state index in [4.69, 9.17) is 4.74 Å². The van der Waals surface area contributed by atoms with Crippen LogP contribution in [0.2, 0.25) is 0 Å². The molecule has 2 heterocycles. The molecule has 2 aromatic carbocycles. The molecule has 2 amide bonds. The fourth-order valence-electron chi connectivity index (χ4n) is 7.19. The summed E-state index contributed by atoms with van der Waals surface area (Å²) in [5.74, 6) is -3.51. The first-order valence-electron chi connectivity index (χ1n) is 13.6. The average molecular weight is 565 g/mol. The molecule has 0 aromatic heterocycles. The zero-order chi connectivity index (χ0) is 29.4. The van der Waals surface area contributed by atoms with E-state index in [2.05, 4.69) is 0 Å². The summed E-state index contributed by atoms with van der Waals surface area (Å²) >= 11 is 0. The largest absolute Gasteiger partial charge is 0.508 e. The van der Waals surface area contributed by atoms with Gasteiger partial charge in [-0.25, -0.2) is 4.90 Å². The Balaban J connectivity index is 1.32. The number of amides is 2. The van der Waals surface area contributed by atoms with E-state index >= 15 is 0 Å². The van der Waals surface area contributed by atoms with Gasteiger partial charge in [0.15, 0.2) is 11.6 Å². The number of phenols is 1. The molecular formula is C32H24N2O8. The molecule has 10 heteroatoms. The number of carbonyl (C=O) groups is 4. The molecule has 210 valence electrons. The van der Waals surface area contributed by atoms with Gasteiger partial charge < -0.3 is 9.84 Å². The standard InChI is InChI=1S/C32H24N2O8/c1-15-9-25(36)29-24(30(15)37)13-23-21(27(29)17-10-16-11-20(35)5-8-26(16)42-14-17)6-7-22-28(23)32(39)33(31(22)38)18-3-2-4-19(12-18)34(40)41/h2-6,8-9,11-12,14,22-23,27-28,35H,7,10,13H2,1H3. The molecule has 5 aliphatic rings. The lowest BCUT2D eigenvalue weighted by atomic mass is 9.58. The number of hydrogen-bond donors (Lipinski definition) is 1. The lowest BCUT2D eigenvalue weighted by molar-refractivity contribution is -0.384. The molecule has 1 saturated heterocycles. The predicted octanol–water partition coefficient (Wildman–Crippen LogP) is 4.29. The van der Waals surface area contributed by atoms with Crippen LogP contribution in [0.15, 0.2) is 88.7 Å². The second kappa shape index (κ2) is 9.20. The maximum absolute atomic E-state index is 14.0. The fraction of sp³-hybridized carbons (Fsp3) is 0.250. The van der Waals surface area contributed by atoms with E-state index in [0.717, 1.165) is 16.0 Å². The quantitative estimate of drug-likeness (QED) is 0.191. The highest BCUT2D eigenvalue weighted by molar-refractivity contribution is 6.24. The van der Waals surface area contributed by atoms with Crippen molar-refractivity contribution in [3.63, 3.8) is 0 Å². The lowest BCUT2D eigenvalue weighted by Crippen LogP contribution is -2.41. The van der Waals surface area contributed by atoms with E-state index in [-0.39, 0.29) is 41.5 Å². The second-order valence-electron chi connectivity index (χ2n) is 11.3. The third-order valence-electron chi connectivity index (χ3n) is 9.01. The van der Waals surface area contributed by atoms with E-state index in [1.54, 1.807) is 25.3 Å². The minimum Gasteiger partial charge on any atom is -0.508 e. The van der Waals surface area contributed by atoms with Crippen LogP contribution in [0.3, 0.4) is 0 Å². The number of aromatic hydroxyl groups is 1. The van der Waals surface area contributed by atoms with Crippen molar-refractivity contribution in [1.82, 2.24) is 0 Å². The number of hydrogen-bond acceptors (Lipinski definition) is 8. The van der Waals surface area contributed by atoms with Gasteiger partial charge in [0.05, 0.1) is 28.7 Å². The van der Waals surface area contributed by atoms with Crippen molar-refractivity contribution in [2.45, 2.75) is 26.2 Å².